The van der Waals surface area contributed by atoms with Crippen molar-refractivity contribution in [2.75, 3.05) is 11.9 Å². The zero-order valence-electron chi connectivity index (χ0n) is 6.65. The summed E-state index contributed by atoms with van der Waals surface area (Å²) in [5, 5.41) is 17.0. The van der Waals surface area contributed by atoms with Gasteiger partial charge in [-0.1, -0.05) is 0 Å². The van der Waals surface area contributed by atoms with Crippen LogP contribution in [0.2, 0.25) is 0 Å². The molecule has 0 atom stereocenters. The molecule has 0 spiro atoms. The standard InChI is InChI=1S/C9H7N3/c1-12(7-11)9-4-2-8(6-10)3-5-9/h2-5H,1H3. The van der Waals surface area contributed by atoms with Crippen LogP contribution < -0.4 is 4.90 Å². The molecule has 1 rings (SSSR count). The highest BCUT2D eigenvalue weighted by atomic mass is 15.1. The Labute approximate surface area is 71.1 Å². The smallest absolute Gasteiger partial charge is 0.183 e. The third-order valence-electron chi connectivity index (χ3n) is 1.53. The Bertz CT molecular complexity index is 340. The van der Waals surface area contributed by atoms with E-state index in [-0.39, 0.29) is 0 Å². The quantitative estimate of drug-likeness (QED) is 0.458. The Morgan fingerprint density at radius 2 is 1.75 bits per heavy atom. The molecule has 0 N–H and O–H groups in total. The summed E-state index contributed by atoms with van der Waals surface area (Å²) in [7, 11) is 1.67. The van der Waals surface area contributed by atoms with Crippen molar-refractivity contribution in [3.05, 3.63) is 29.8 Å². The lowest BCUT2D eigenvalue weighted by molar-refractivity contribution is 1.20. The Kier molecular flexibility index (Phi) is 2.30. The van der Waals surface area contributed by atoms with Gasteiger partial charge in [0.1, 0.15) is 0 Å². The number of anilines is 1. The van der Waals surface area contributed by atoms with Crippen molar-refractivity contribution >= 4 is 5.69 Å². The lowest BCUT2D eigenvalue weighted by atomic mass is 10.2. The van der Waals surface area contributed by atoms with Gasteiger partial charge in [0, 0.05) is 7.05 Å². The first-order valence-corrected chi connectivity index (χ1v) is 3.41. The fourth-order valence-corrected chi connectivity index (χ4v) is 0.817. The summed E-state index contributed by atoms with van der Waals surface area (Å²) >= 11 is 0. The van der Waals surface area contributed by atoms with Crippen LogP contribution >= 0.6 is 0 Å². The van der Waals surface area contributed by atoms with Gasteiger partial charge in [-0.3, -0.25) is 4.90 Å². The zero-order valence-corrected chi connectivity index (χ0v) is 6.65. The summed E-state index contributed by atoms with van der Waals surface area (Å²) in [6.07, 6.45) is 1.97. The Morgan fingerprint density at radius 3 is 2.17 bits per heavy atom. The summed E-state index contributed by atoms with van der Waals surface area (Å²) in [5.74, 6) is 0. The highest BCUT2D eigenvalue weighted by molar-refractivity contribution is 5.51. The Morgan fingerprint density at radius 1 is 1.17 bits per heavy atom. The fraction of sp³-hybridized carbons (Fsp3) is 0.111. The van der Waals surface area contributed by atoms with Crippen LogP contribution in [0.5, 0.6) is 0 Å². The first kappa shape index (κ1) is 8.10. The Hall–Kier alpha value is -2.00. The zero-order chi connectivity index (χ0) is 8.97. The molecule has 3 heteroatoms. The molecule has 0 saturated carbocycles. The third-order valence-corrected chi connectivity index (χ3v) is 1.53. The van der Waals surface area contributed by atoms with Crippen LogP contribution in [-0.4, -0.2) is 7.05 Å². The Balaban J connectivity index is 2.96. The van der Waals surface area contributed by atoms with Crippen molar-refractivity contribution in [1.29, 1.82) is 10.5 Å². The molecular formula is C9H7N3. The van der Waals surface area contributed by atoms with Crippen molar-refractivity contribution in [2.24, 2.45) is 0 Å². The summed E-state index contributed by atoms with van der Waals surface area (Å²) in [6.45, 7) is 0. The van der Waals surface area contributed by atoms with Gasteiger partial charge >= 0.3 is 0 Å². The van der Waals surface area contributed by atoms with Gasteiger partial charge < -0.3 is 0 Å². The van der Waals surface area contributed by atoms with Crippen LogP contribution in [0.3, 0.4) is 0 Å². The number of hydrogen-bond donors (Lipinski definition) is 0. The SMILES string of the molecule is CN(C#N)c1ccc(C#N)cc1. The van der Waals surface area contributed by atoms with Crippen LogP contribution in [0.15, 0.2) is 24.3 Å². The number of nitrogens with zero attached hydrogens (tertiary/aromatic N) is 3. The van der Waals surface area contributed by atoms with Crippen molar-refractivity contribution in [3.8, 4) is 12.3 Å². The topological polar surface area (TPSA) is 50.8 Å². The molecule has 0 heterocycles. The van der Waals surface area contributed by atoms with E-state index >= 15 is 0 Å². The summed E-state index contributed by atoms with van der Waals surface area (Å²) in [6, 6.07) is 8.85. The molecule has 12 heavy (non-hydrogen) atoms. The maximum absolute atomic E-state index is 8.53. The monoisotopic (exact) mass is 157 g/mol. The molecule has 0 saturated heterocycles. The van der Waals surface area contributed by atoms with Gasteiger partial charge in [-0.2, -0.15) is 10.5 Å². The van der Waals surface area contributed by atoms with E-state index in [1.807, 2.05) is 12.3 Å². The maximum atomic E-state index is 8.53. The molecule has 0 aliphatic carbocycles. The van der Waals surface area contributed by atoms with Crippen LogP contribution in [0.25, 0.3) is 0 Å². The molecule has 0 bridgehead atoms. The molecule has 0 amide bonds. The number of nitriles is 2. The highest BCUT2D eigenvalue weighted by Crippen LogP contribution is 2.11. The molecule has 0 aliphatic rings. The van der Waals surface area contributed by atoms with Crippen LogP contribution in [0, 0.1) is 22.8 Å². The van der Waals surface area contributed by atoms with E-state index in [1.165, 1.54) is 4.90 Å². The molecule has 58 valence electrons. The van der Waals surface area contributed by atoms with E-state index in [2.05, 4.69) is 0 Å². The average Bonchev–Trinajstić information content (AvgIpc) is 2.17. The lowest BCUT2D eigenvalue weighted by Crippen LogP contribution is -2.07. The summed E-state index contributed by atoms with van der Waals surface area (Å²) < 4.78 is 0. The van der Waals surface area contributed by atoms with E-state index in [0.717, 1.165) is 5.69 Å². The van der Waals surface area contributed by atoms with Crippen LogP contribution in [0.1, 0.15) is 5.56 Å². The van der Waals surface area contributed by atoms with Gasteiger partial charge in [0.15, 0.2) is 6.19 Å². The van der Waals surface area contributed by atoms with E-state index < -0.39 is 0 Å². The predicted molar refractivity (Wildman–Crippen MR) is 45.2 cm³/mol. The fourth-order valence-electron chi connectivity index (χ4n) is 0.817. The molecule has 0 unspecified atom stereocenters. The molecular weight excluding hydrogens is 150 g/mol. The minimum atomic E-state index is 0.602. The second kappa shape index (κ2) is 3.41. The normalized spacial score (nSPS) is 8.25. The van der Waals surface area contributed by atoms with Crippen LogP contribution in [0.4, 0.5) is 5.69 Å². The minimum Gasteiger partial charge on any atom is -0.283 e. The first-order valence-electron chi connectivity index (χ1n) is 3.41. The van der Waals surface area contributed by atoms with Crippen LogP contribution in [-0.2, 0) is 0 Å². The molecule has 0 aliphatic heterocycles. The second-order valence-electron chi connectivity index (χ2n) is 2.32. The van der Waals surface area contributed by atoms with Crippen molar-refractivity contribution in [3.63, 3.8) is 0 Å². The number of benzene rings is 1. The molecule has 0 radical (unpaired) electrons. The van der Waals surface area contributed by atoms with Gasteiger partial charge in [0.2, 0.25) is 0 Å². The molecule has 0 aromatic heterocycles. The highest BCUT2D eigenvalue weighted by Gasteiger charge is 1.97. The van der Waals surface area contributed by atoms with Crippen molar-refractivity contribution in [1.82, 2.24) is 0 Å². The minimum absolute atomic E-state index is 0.602. The third kappa shape index (κ3) is 1.53. The summed E-state index contributed by atoms with van der Waals surface area (Å²) in [5.41, 5.74) is 1.39. The first-order chi connectivity index (χ1) is 5.77. The largest absolute Gasteiger partial charge is 0.283 e. The molecule has 3 nitrogen and oxygen atoms in total. The van der Waals surface area contributed by atoms with E-state index in [4.69, 9.17) is 10.5 Å². The molecule has 1 aromatic carbocycles. The molecule has 0 fully saturated rings. The van der Waals surface area contributed by atoms with E-state index in [0.29, 0.717) is 5.56 Å². The predicted octanol–water partition coefficient (Wildman–Crippen LogP) is 1.48. The van der Waals surface area contributed by atoms with E-state index in [9.17, 15) is 0 Å². The lowest BCUT2D eigenvalue weighted by Gasteiger charge is -2.07. The van der Waals surface area contributed by atoms with Gasteiger partial charge in [-0.15, -0.1) is 0 Å². The number of rotatable bonds is 1. The van der Waals surface area contributed by atoms with Gasteiger partial charge in [-0.05, 0) is 24.3 Å². The van der Waals surface area contributed by atoms with Gasteiger partial charge in [0.05, 0.1) is 17.3 Å². The van der Waals surface area contributed by atoms with Crippen molar-refractivity contribution in [2.45, 2.75) is 0 Å². The second-order valence-corrected chi connectivity index (χ2v) is 2.32. The molecule has 1 aromatic rings. The summed E-state index contributed by atoms with van der Waals surface area (Å²) in [4.78, 5) is 1.43. The van der Waals surface area contributed by atoms with E-state index in [1.54, 1.807) is 31.3 Å². The average molecular weight is 157 g/mol. The van der Waals surface area contributed by atoms with Gasteiger partial charge in [-0.25, -0.2) is 0 Å². The van der Waals surface area contributed by atoms with Gasteiger partial charge in [0.25, 0.3) is 0 Å². The maximum Gasteiger partial charge on any atom is 0.183 e. The number of hydrogen-bond acceptors (Lipinski definition) is 3. The van der Waals surface area contributed by atoms with Crippen molar-refractivity contribution < 1.29 is 0 Å².